The Kier molecular flexibility index (Phi) is 5.65. The van der Waals surface area contributed by atoms with Gasteiger partial charge in [-0.3, -0.25) is 0 Å². The van der Waals surface area contributed by atoms with Gasteiger partial charge in [0.1, 0.15) is 12.0 Å². The largest absolute Gasteiger partial charge is 0.382 e. The molecule has 0 saturated carbocycles. The lowest BCUT2D eigenvalue weighted by Crippen LogP contribution is -2.39. The smallest absolute Gasteiger partial charge is 0.159 e. The molecule has 5 nitrogen and oxygen atoms in total. The highest BCUT2D eigenvalue weighted by Gasteiger charge is 2.43. The van der Waals surface area contributed by atoms with Gasteiger partial charge < -0.3 is 15.5 Å². The first-order valence-corrected chi connectivity index (χ1v) is 11.4. The summed E-state index contributed by atoms with van der Waals surface area (Å²) < 4.78 is 0. The summed E-state index contributed by atoms with van der Waals surface area (Å²) in [5, 5.41) is 0. The molecule has 0 unspecified atom stereocenters. The van der Waals surface area contributed by atoms with E-state index in [0.717, 1.165) is 43.0 Å². The fraction of sp³-hybridized carbons (Fsp3) is 0.600. The van der Waals surface area contributed by atoms with Crippen LogP contribution in [0.4, 0.5) is 17.3 Å². The van der Waals surface area contributed by atoms with Crippen LogP contribution >= 0.6 is 0 Å². The molecule has 0 amide bonds. The third-order valence-electron chi connectivity index (χ3n) is 7.96. The first-order valence-electron chi connectivity index (χ1n) is 11.4. The first kappa shape index (κ1) is 21.0. The maximum Gasteiger partial charge on any atom is 0.159 e. The summed E-state index contributed by atoms with van der Waals surface area (Å²) in [5.41, 5.74) is 12.1. The van der Waals surface area contributed by atoms with E-state index in [9.17, 15) is 0 Å². The zero-order valence-corrected chi connectivity index (χ0v) is 19.3. The van der Waals surface area contributed by atoms with Crippen molar-refractivity contribution in [2.45, 2.75) is 59.8 Å². The fourth-order valence-electron chi connectivity index (χ4n) is 5.68. The standard InChI is InChI=1S/C25H37N5/c1-17(12-14-30-16-29(5)24-22(30)23(26)27-15-28-24)11-13-25(4)19(3)9-10-20-18(2)7-6-8-21(20)25/h7,10,12,15,19,21H,6,8-9,11,13-14,16H2,1-5H3,(H2,26,27,28)/b17-12+/t19-,21+,25+/m1/s1. The van der Waals surface area contributed by atoms with Crippen molar-refractivity contribution in [2.24, 2.45) is 17.3 Å². The Morgan fingerprint density at radius 1 is 1.33 bits per heavy atom. The van der Waals surface area contributed by atoms with Gasteiger partial charge in [0.05, 0.1) is 6.67 Å². The molecule has 1 aromatic heterocycles. The molecule has 0 bridgehead atoms. The molecule has 2 N–H and O–H groups in total. The van der Waals surface area contributed by atoms with E-state index in [1.54, 1.807) is 11.9 Å². The van der Waals surface area contributed by atoms with Crippen LogP contribution in [-0.4, -0.2) is 30.2 Å². The number of fused-ring (bicyclic) bond motifs is 2. The third kappa shape index (κ3) is 3.63. The number of anilines is 3. The van der Waals surface area contributed by atoms with Crippen LogP contribution in [0.2, 0.25) is 0 Å². The second-order valence-corrected chi connectivity index (χ2v) is 9.86. The first-order chi connectivity index (χ1) is 14.3. The highest BCUT2D eigenvalue weighted by Crippen LogP contribution is 2.53. The number of aromatic nitrogens is 2. The molecule has 3 aliphatic rings. The average molecular weight is 408 g/mol. The molecule has 0 aromatic carbocycles. The van der Waals surface area contributed by atoms with Gasteiger partial charge in [-0.25, -0.2) is 9.97 Å². The summed E-state index contributed by atoms with van der Waals surface area (Å²) in [5.74, 6) is 2.95. The van der Waals surface area contributed by atoms with Crippen molar-refractivity contribution in [2.75, 3.05) is 35.8 Å². The normalized spacial score (nSPS) is 28.8. The Balaban J connectivity index is 1.43. The van der Waals surface area contributed by atoms with Crippen LogP contribution in [0.3, 0.4) is 0 Å². The third-order valence-corrected chi connectivity index (χ3v) is 7.96. The predicted octanol–water partition coefficient (Wildman–Crippen LogP) is 5.33. The summed E-state index contributed by atoms with van der Waals surface area (Å²) in [6, 6.07) is 0. The molecule has 3 atom stereocenters. The lowest BCUT2D eigenvalue weighted by atomic mass is 9.56. The van der Waals surface area contributed by atoms with Crippen LogP contribution in [0.5, 0.6) is 0 Å². The molecule has 5 heteroatoms. The Morgan fingerprint density at radius 2 is 2.13 bits per heavy atom. The van der Waals surface area contributed by atoms with Crippen molar-refractivity contribution in [3.05, 3.63) is 41.3 Å². The number of nitrogens with zero attached hydrogens (tertiary/aromatic N) is 4. The van der Waals surface area contributed by atoms with E-state index in [0.29, 0.717) is 11.2 Å². The predicted molar refractivity (Wildman–Crippen MR) is 127 cm³/mol. The molecule has 0 radical (unpaired) electrons. The van der Waals surface area contributed by atoms with E-state index in [1.807, 2.05) is 0 Å². The second-order valence-electron chi connectivity index (χ2n) is 9.86. The minimum atomic E-state index is 0.382. The molecule has 0 fully saturated rings. The van der Waals surface area contributed by atoms with Gasteiger partial charge >= 0.3 is 0 Å². The van der Waals surface area contributed by atoms with Crippen molar-refractivity contribution in [3.63, 3.8) is 0 Å². The van der Waals surface area contributed by atoms with E-state index < -0.39 is 0 Å². The zero-order valence-electron chi connectivity index (χ0n) is 19.3. The Bertz CT molecular complexity index is 899. The maximum absolute atomic E-state index is 6.14. The van der Waals surface area contributed by atoms with Gasteiger partial charge in [0.15, 0.2) is 11.6 Å². The van der Waals surface area contributed by atoms with Crippen LogP contribution in [0, 0.1) is 17.3 Å². The molecule has 0 spiro atoms. The van der Waals surface area contributed by atoms with Gasteiger partial charge in [-0.15, -0.1) is 0 Å². The number of nitrogens with two attached hydrogens (primary N) is 1. The fourth-order valence-corrected chi connectivity index (χ4v) is 5.68. The summed E-state index contributed by atoms with van der Waals surface area (Å²) in [4.78, 5) is 13.0. The van der Waals surface area contributed by atoms with Crippen molar-refractivity contribution in [1.29, 1.82) is 0 Å². The summed E-state index contributed by atoms with van der Waals surface area (Å²) in [6.07, 6.45) is 15.0. The van der Waals surface area contributed by atoms with Crippen molar-refractivity contribution in [3.8, 4) is 0 Å². The van der Waals surface area contributed by atoms with Gasteiger partial charge in [-0.1, -0.05) is 43.2 Å². The van der Waals surface area contributed by atoms with E-state index in [1.165, 1.54) is 36.8 Å². The second kappa shape index (κ2) is 8.09. The maximum atomic E-state index is 6.14. The Hall–Kier alpha value is -2.30. The minimum absolute atomic E-state index is 0.382. The molecular weight excluding hydrogens is 370 g/mol. The number of hydrogen-bond donors (Lipinski definition) is 1. The van der Waals surface area contributed by atoms with Crippen molar-refractivity contribution < 1.29 is 0 Å². The number of nitrogen functional groups attached to an aromatic ring is 1. The van der Waals surface area contributed by atoms with Gasteiger partial charge in [-0.05, 0) is 68.8 Å². The highest BCUT2D eigenvalue weighted by molar-refractivity contribution is 5.81. The van der Waals surface area contributed by atoms with Crippen LogP contribution in [0.1, 0.15) is 59.8 Å². The van der Waals surface area contributed by atoms with Crippen LogP contribution in [0.15, 0.2) is 41.3 Å². The van der Waals surface area contributed by atoms with E-state index in [4.69, 9.17) is 5.73 Å². The van der Waals surface area contributed by atoms with Gasteiger partial charge in [-0.2, -0.15) is 0 Å². The number of allylic oxidation sites excluding steroid dienone is 5. The van der Waals surface area contributed by atoms with Crippen molar-refractivity contribution in [1.82, 2.24) is 9.97 Å². The van der Waals surface area contributed by atoms with Gasteiger partial charge in [0, 0.05) is 13.6 Å². The number of rotatable bonds is 5. The quantitative estimate of drug-likeness (QED) is 0.669. The molecule has 1 aromatic rings. The van der Waals surface area contributed by atoms with E-state index in [2.05, 4.69) is 72.7 Å². The lowest BCUT2D eigenvalue weighted by Gasteiger charge is -2.48. The molecule has 4 rings (SSSR count). The zero-order chi connectivity index (χ0) is 21.5. The minimum Gasteiger partial charge on any atom is -0.382 e. The molecule has 162 valence electrons. The lowest BCUT2D eigenvalue weighted by molar-refractivity contribution is 0.0945. The van der Waals surface area contributed by atoms with Gasteiger partial charge in [0.25, 0.3) is 0 Å². The van der Waals surface area contributed by atoms with Gasteiger partial charge in [0.2, 0.25) is 0 Å². The number of hydrogen-bond acceptors (Lipinski definition) is 5. The molecule has 1 aliphatic heterocycles. The molecular formula is C25H37N5. The van der Waals surface area contributed by atoms with Crippen LogP contribution < -0.4 is 15.5 Å². The molecule has 30 heavy (non-hydrogen) atoms. The molecule has 2 aliphatic carbocycles. The Labute approximate surface area is 181 Å². The van der Waals surface area contributed by atoms with E-state index in [-0.39, 0.29) is 0 Å². The summed E-state index contributed by atoms with van der Waals surface area (Å²) in [7, 11) is 2.05. The molecule has 2 heterocycles. The topological polar surface area (TPSA) is 58.3 Å². The molecule has 0 saturated heterocycles. The monoisotopic (exact) mass is 407 g/mol. The SMILES string of the molecule is CC1=CCC[C@H]2C1=CC[C@@H](C)[C@]2(C)CC/C(C)=C/CN1CN(C)c2ncnc(N)c21. The Morgan fingerprint density at radius 3 is 2.93 bits per heavy atom. The van der Waals surface area contributed by atoms with Crippen LogP contribution in [-0.2, 0) is 0 Å². The average Bonchev–Trinajstić information content (AvgIpc) is 3.05. The van der Waals surface area contributed by atoms with Crippen LogP contribution in [0.25, 0.3) is 0 Å². The highest BCUT2D eigenvalue weighted by atomic mass is 15.4. The summed E-state index contributed by atoms with van der Waals surface area (Å²) >= 11 is 0. The summed E-state index contributed by atoms with van der Waals surface area (Å²) in [6.45, 7) is 11.2. The van der Waals surface area contributed by atoms with Crippen molar-refractivity contribution >= 4 is 17.3 Å². The van der Waals surface area contributed by atoms with E-state index >= 15 is 0 Å².